The summed E-state index contributed by atoms with van der Waals surface area (Å²) >= 11 is 0. The lowest BCUT2D eigenvalue weighted by atomic mass is 9.75. The maximum Gasteiger partial charge on any atom is 0.0827 e. The maximum absolute atomic E-state index is 12.5. The highest BCUT2D eigenvalue weighted by Crippen LogP contribution is 2.46. The number of rotatable bonds is 7. The molecule has 1 heteroatoms. The van der Waals surface area contributed by atoms with Crippen molar-refractivity contribution in [3.8, 4) is 22.3 Å². The first-order chi connectivity index (χ1) is 20.2. The molecular formula is C42H57F. The molecule has 232 valence electrons. The Bertz CT molecular complexity index is 1480. The molecule has 0 atom stereocenters. The highest BCUT2D eigenvalue weighted by atomic mass is 19.1. The highest BCUT2D eigenvalue weighted by Gasteiger charge is 2.26. The molecule has 3 aromatic rings. The van der Waals surface area contributed by atoms with Crippen LogP contribution in [0.1, 0.15) is 116 Å². The van der Waals surface area contributed by atoms with E-state index in [4.69, 9.17) is 0 Å². The first kappa shape index (κ1) is 33.2. The van der Waals surface area contributed by atoms with Crippen molar-refractivity contribution in [1.82, 2.24) is 0 Å². The number of benzene rings is 3. The van der Waals surface area contributed by atoms with Gasteiger partial charge < -0.3 is 0 Å². The maximum atomic E-state index is 12.5. The molecule has 4 rings (SSSR count). The molecule has 0 nitrogen and oxygen atoms in total. The summed E-state index contributed by atoms with van der Waals surface area (Å²) < 4.78 is 12.5. The molecule has 43 heavy (non-hydrogen) atoms. The van der Waals surface area contributed by atoms with Crippen LogP contribution in [0.3, 0.4) is 0 Å². The second kappa shape index (κ2) is 13.1. The van der Waals surface area contributed by atoms with E-state index in [1.54, 1.807) is 11.6 Å². The van der Waals surface area contributed by atoms with Crippen LogP contribution in [0.4, 0.5) is 4.39 Å². The Balaban J connectivity index is 1.75. The molecule has 0 bridgehead atoms. The third kappa shape index (κ3) is 5.91. The molecule has 1 aliphatic rings. The second-order valence-electron chi connectivity index (χ2n) is 14.1. The van der Waals surface area contributed by atoms with Gasteiger partial charge in [-0.25, -0.2) is 4.39 Å². The van der Waals surface area contributed by atoms with Gasteiger partial charge in [-0.2, -0.15) is 0 Å². The number of hydrogen-bond donors (Lipinski definition) is 0. The summed E-state index contributed by atoms with van der Waals surface area (Å²) in [6.45, 7) is 30.4. The van der Waals surface area contributed by atoms with Gasteiger partial charge in [0.15, 0.2) is 0 Å². The molecule has 0 N–H and O–H groups in total. The van der Waals surface area contributed by atoms with Crippen molar-refractivity contribution in [3.05, 3.63) is 90.3 Å². The Morgan fingerprint density at radius 3 is 1.12 bits per heavy atom. The van der Waals surface area contributed by atoms with Crippen LogP contribution in [0.5, 0.6) is 0 Å². The molecule has 1 aliphatic carbocycles. The molecule has 0 heterocycles. The zero-order valence-electron chi connectivity index (χ0n) is 29.6. The number of allylic oxidation sites excluding steroid dienone is 1. The minimum Gasteiger partial charge on any atom is -0.216 e. The van der Waals surface area contributed by atoms with E-state index in [1.165, 1.54) is 133 Å². The third-order valence-electron chi connectivity index (χ3n) is 12.2. The molecule has 0 aromatic heterocycles. The van der Waals surface area contributed by atoms with Crippen molar-refractivity contribution in [2.24, 2.45) is 11.8 Å². The minimum absolute atomic E-state index is 0.673. The summed E-state index contributed by atoms with van der Waals surface area (Å²) in [5.74, 6) is 1.47. The number of halogens is 1. The SMILES string of the molecule is Cc1c(C)c(C)c(-c2c(C)c(C)c(-c3c(C)c(C)c(CCC4CCC(C/C=C/F)CC4)c(C)c3C)c(C)c2C)c(C)c1C. The van der Waals surface area contributed by atoms with Crippen LogP contribution in [0, 0.1) is 102 Å². The van der Waals surface area contributed by atoms with E-state index in [0.29, 0.717) is 5.92 Å². The predicted octanol–water partition coefficient (Wildman–Crippen LogP) is 12.6. The molecule has 1 fully saturated rings. The van der Waals surface area contributed by atoms with Gasteiger partial charge in [-0.15, -0.1) is 0 Å². The third-order valence-corrected chi connectivity index (χ3v) is 12.2. The standard InChI is InChI=1S/C42H57F/c1-23-24(2)28(6)39(29(7)25(23)3)41-32(10)34(12)42(35(13)33(41)11)40-30(8)26(4)38(27(5)31(40)9)21-20-37-18-16-36(17-19-37)15-14-22-43/h14,22,36-37H,15-21H2,1-13H3/b22-14+. The fourth-order valence-electron chi connectivity index (χ4n) is 8.43. The largest absolute Gasteiger partial charge is 0.216 e. The Hall–Kier alpha value is -2.67. The van der Waals surface area contributed by atoms with Gasteiger partial charge in [-0.1, -0.05) is 18.9 Å². The van der Waals surface area contributed by atoms with Crippen LogP contribution in [0.2, 0.25) is 0 Å². The molecule has 0 amide bonds. The van der Waals surface area contributed by atoms with Crippen LogP contribution in [-0.4, -0.2) is 0 Å². The first-order valence-electron chi connectivity index (χ1n) is 16.8. The molecule has 3 aromatic carbocycles. The van der Waals surface area contributed by atoms with E-state index in [1.807, 2.05) is 0 Å². The van der Waals surface area contributed by atoms with Crippen LogP contribution in [0.25, 0.3) is 22.3 Å². The summed E-state index contributed by atoms with van der Waals surface area (Å²) in [6.07, 6.45) is 10.8. The topological polar surface area (TPSA) is 0 Å². The highest BCUT2D eigenvalue weighted by molar-refractivity contribution is 5.88. The molecule has 0 unspecified atom stereocenters. The Labute approximate surface area is 263 Å². The average molecular weight is 581 g/mol. The van der Waals surface area contributed by atoms with Crippen LogP contribution >= 0.6 is 0 Å². The van der Waals surface area contributed by atoms with Crippen molar-refractivity contribution in [2.75, 3.05) is 0 Å². The molecule has 0 aliphatic heterocycles. The normalized spacial score (nSPS) is 17.3. The number of hydrogen-bond acceptors (Lipinski definition) is 0. The van der Waals surface area contributed by atoms with Crippen LogP contribution in [-0.2, 0) is 6.42 Å². The van der Waals surface area contributed by atoms with E-state index >= 15 is 0 Å². The van der Waals surface area contributed by atoms with Crippen LogP contribution in [0.15, 0.2) is 12.4 Å². The van der Waals surface area contributed by atoms with Gasteiger partial charge in [0.05, 0.1) is 6.33 Å². The van der Waals surface area contributed by atoms with Crippen molar-refractivity contribution >= 4 is 0 Å². The smallest absolute Gasteiger partial charge is 0.0827 e. The lowest BCUT2D eigenvalue weighted by Gasteiger charge is -2.30. The van der Waals surface area contributed by atoms with Gasteiger partial charge in [0, 0.05) is 0 Å². The van der Waals surface area contributed by atoms with E-state index < -0.39 is 0 Å². The monoisotopic (exact) mass is 580 g/mol. The Kier molecular flexibility index (Phi) is 10.1. The molecular weight excluding hydrogens is 523 g/mol. The summed E-state index contributed by atoms with van der Waals surface area (Å²) in [7, 11) is 0. The zero-order valence-corrected chi connectivity index (χ0v) is 29.6. The van der Waals surface area contributed by atoms with Gasteiger partial charge in [-0.3, -0.25) is 0 Å². The van der Waals surface area contributed by atoms with E-state index in [-0.39, 0.29) is 0 Å². The lowest BCUT2D eigenvalue weighted by Crippen LogP contribution is -2.15. The minimum atomic E-state index is 0.673. The van der Waals surface area contributed by atoms with Gasteiger partial charge in [0.2, 0.25) is 0 Å². The van der Waals surface area contributed by atoms with Crippen LogP contribution < -0.4 is 0 Å². The van der Waals surface area contributed by atoms with Gasteiger partial charge in [0.25, 0.3) is 0 Å². The quantitative estimate of drug-likeness (QED) is 0.261. The van der Waals surface area contributed by atoms with E-state index in [0.717, 1.165) is 18.7 Å². The summed E-state index contributed by atoms with van der Waals surface area (Å²) in [5.41, 5.74) is 26.0. The predicted molar refractivity (Wildman–Crippen MR) is 188 cm³/mol. The Morgan fingerprint density at radius 2 is 0.744 bits per heavy atom. The molecule has 0 saturated heterocycles. The second-order valence-corrected chi connectivity index (χ2v) is 14.1. The van der Waals surface area contributed by atoms with Crippen molar-refractivity contribution in [2.45, 2.75) is 135 Å². The van der Waals surface area contributed by atoms with Crippen molar-refractivity contribution in [3.63, 3.8) is 0 Å². The van der Waals surface area contributed by atoms with Gasteiger partial charge in [0.1, 0.15) is 0 Å². The molecule has 0 spiro atoms. The zero-order chi connectivity index (χ0) is 31.9. The first-order valence-corrected chi connectivity index (χ1v) is 16.8. The van der Waals surface area contributed by atoms with E-state index in [2.05, 4.69) is 90.0 Å². The summed E-state index contributed by atoms with van der Waals surface area (Å²) in [5, 5.41) is 0. The fourth-order valence-corrected chi connectivity index (χ4v) is 8.43. The molecule has 1 saturated carbocycles. The average Bonchev–Trinajstić information content (AvgIpc) is 2.99. The van der Waals surface area contributed by atoms with Gasteiger partial charge in [-0.05, 0) is 234 Å². The fraction of sp³-hybridized carbons (Fsp3) is 0.524. The van der Waals surface area contributed by atoms with Crippen molar-refractivity contribution < 1.29 is 4.39 Å². The Morgan fingerprint density at radius 1 is 0.442 bits per heavy atom. The lowest BCUT2D eigenvalue weighted by molar-refractivity contribution is 0.264. The summed E-state index contributed by atoms with van der Waals surface area (Å²) in [4.78, 5) is 0. The van der Waals surface area contributed by atoms with Crippen molar-refractivity contribution in [1.29, 1.82) is 0 Å². The van der Waals surface area contributed by atoms with E-state index in [9.17, 15) is 4.39 Å². The summed E-state index contributed by atoms with van der Waals surface area (Å²) in [6, 6.07) is 0. The van der Waals surface area contributed by atoms with Gasteiger partial charge >= 0.3 is 0 Å². The molecule has 0 radical (unpaired) electrons.